The van der Waals surface area contributed by atoms with E-state index >= 15 is 0 Å². The van der Waals surface area contributed by atoms with Crippen molar-refractivity contribution in [2.24, 2.45) is 11.8 Å². The molecule has 0 saturated heterocycles. The Balaban J connectivity index is 1.86. The van der Waals surface area contributed by atoms with Crippen LogP contribution >= 0.6 is 11.8 Å². The second-order valence-corrected chi connectivity index (χ2v) is 11.3. The second kappa shape index (κ2) is 14.7. The quantitative estimate of drug-likeness (QED) is 0.254. The van der Waals surface area contributed by atoms with Gasteiger partial charge in [-0.2, -0.15) is 4.98 Å². The SMILES string of the molecule is CCOc1nc(CC)c(CNC(=O)C(CSC(C)=O)CC(C)C)n1Cc1ccc(-c2ccccc2C(=O)O)cc1. The van der Waals surface area contributed by atoms with E-state index in [1.54, 1.807) is 18.2 Å². The van der Waals surface area contributed by atoms with Crippen molar-refractivity contribution in [2.45, 2.75) is 60.5 Å². The molecule has 8 nitrogen and oxygen atoms in total. The molecule has 0 radical (unpaired) electrons. The predicted molar refractivity (Wildman–Crippen MR) is 159 cm³/mol. The minimum atomic E-state index is -0.964. The van der Waals surface area contributed by atoms with Crippen LogP contribution in [0.25, 0.3) is 11.1 Å². The van der Waals surface area contributed by atoms with Crippen LogP contribution < -0.4 is 10.1 Å². The van der Waals surface area contributed by atoms with Crippen LogP contribution in [0.4, 0.5) is 0 Å². The highest BCUT2D eigenvalue weighted by atomic mass is 32.2. The lowest BCUT2D eigenvalue weighted by Crippen LogP contribution is -2.33. The molecule has 0 aliphatic rings. The van der Waals surface area contributed by atoms with E-state index in [4.69, 9.17) is 9.72 Å². The Bertz CT molecular complexity index is 1320. The van der Waals surface area contributed by atoms with E-state index in [0.717, 1.165) is 22.5 Å². The van der Waals surface area contributed by atoms with Crippen molar-refractivity contribution in [3.05, 3.63) is 71.0 Å². The Morgan fingerprint density at radius 2 is 1.77 bits per heavy atom. The van der Waals surface area contributed by atoms with E-state index in [1.807, 2.05) is 48.7 Å². The number of aryl methyl sites for hydroxylation is 1. The summed E-state index contributed by atoms with van der Waals surface area (Å²) in [6.07, 6.45) is 1.38. The lowest BCUT2D eigenvalue weighted by molar-refractivity contribution is -0.125. The smallest absolute Gasteiger partial charge is 0.336 e. The third-order valence-electron chi connectivity index (χ3n) is 6.54. The minimum absolute atomic E-state index is 0.00623. The zero-order chi connectivity index (χ0) is 29.2. The highest BCUT2D eigenvalue weighted by molar-refractivity contribution is 8.13. The molecule has 0 saturated carbocycles. The number of nitrogens with one attached hydrogen (secondary N) is 1. The molecular weight excluding hydrogens is 526 g/mol. The first kappa shape index (κ1) is 30.9. The molecule has 2 N–H and O–H groups in total. The van der Waals surface area contributed by atoms with Gasteiger partial charge in [-0.25, -0.2) is 4.79 Å². The number of carboxylic acid groups (broad SMARTS) is 1. The molecule has 0 spiro atoms. The standard InChI is InChI=1S/C31H39N3O5S/c1-6-27-28(17-32-29(36)24(16-20(3)4)19-40-21(5)35)34(31(33-27)39-7-2)18-22-12-14-23(15-13-22)25-10-8-9-11-26(25)30(37)38/h8-15,20,24H,6-7,16-19H2,1-5H3,(H,32,36)(H,37,38). The molecule has 214 valence electrons. The molecule has 1 atom stereocenters. The van der Waals surface area contributed by atoms with Gasteiger partial charge in [0.1, 0.15) is 0 Å². The zero-order valence-electron chi connectivity index (χ0n) is 23.9. The highest BCUT2D eigenvalue weighted by Gasteiger charge is 2.23. The molecule has 3 rings (SSSR count). The molecule has 9 heteroatoms. The highest BCUT2D eigenvalue weighted by Crippen LogP contribution is 2.26. The molecular formula is C31H39N3O5S. The summed E-state index contributed by atoms with van der Waals surface area (Å²) in [5.41, 5.74) is 4.46. The molecule has 0 aliphatic heterocycles. The maximum atomic E-state index is 13.2. The number of ether oxygens (including phenoxy) is 1. The number of imidazole rings is 1. The van der Waals surface area contributed by atoms with Gasteiger partial charge in [0.2, 0.25) is 5.91 Å². The van der Waals surface area contributed by atoms with E-state index in [0.29, 0.717) is 55.8 Å². The zero-order valence-corrected chi connectivity index (χ0v) is 24.7. The number of nitrogens with zero attached hydrogens (tertiary/aromatic N) is 2. The molecule has 0 bridgehead atoms. The summed E-state index contributed by atoms with van der Waals surface area (Å²) >= 11 is 1.19. The van der Waals surface area contributed by atoms with Crippen LogP contribution in [0.2, 0.25) is 0 Å². The van der Waals surface area contributed by atoms with Crippen molar-refractivity contribution in [1.82, 2.24) is 14.9 Å². The molecule has 40 heavy (non-hydrogen) atoms. The van der Waals surface area contributed by atoms with E-state index < -0.39 is 5.97 Å². The van der Waals surface area contributed by atoms with E-state index in [-0.39, 0.29) is 22.5 Å². The fourth-order valence-corrected chi connectivity index (χ4v) is 5.36. The third-order valence-corrected chi connectivity index (χ3v) is 7.51. The number of carbonyl (C=O) groups is 3. The first-order valence-electron chi connectivity index (χ1n) is 13.7. The van der Waals surface area contributed by atoms with Crippen molar-refractivity contribution >= 4 is 28.8 Å². The second-order valence-electron chi connectivity index (χ2n) is 10.1. The Hall–Kier alpha value is -3.59. The molecule has 1 heterocycles. The van der Waals surface area contributed by atoms with Gasteiger partial charge in [-0.3, -0.25) is 14.2 Å². The Morgan fingerprint density at radius 1 is 1.07 bits per heavy atom. The number of hydrogen-bond donors (Lipinski definition) is 2. The van der Waals surface area contributed by atoms with Gasteiger partial charge in [-0.1, -0.05) is 75.0 Å². The van der Waals surface area contributed by atoms with Gasteiger partial charge in [0.25, 0.3) is 6.01 Å². The van der Waals surface area contributed by atoms with Gasteiger partial charge < -0.3 is 15.2 Å². The van der Waals surface area contributed by atoms with Crippen LogP contribution in [0, 0.1) is 11.8 Å². The Kier molecular flexibility index (Phi) is 11.4. The van der Waals surface area contributed by atoms with Crippen molar-refractivity contribution in [1.29, 1.82) is 0 Å². The summed E-state index contributed by atoms with van der Waals surface area (Å²) < 4.78 is 7.86. The van der Waals surface area contributed by atoms with Crippen molar-refractivity contribution < 1.29 is 24.2 Å². The molecule has 2 aromatic carbocycles. The fraction of sp³-hybridized carbons (Fsp3) is 0.419. The summed E-state index contributed by atoms with van der Waals surface area (Å²) in [4.78, 5) is 41.1. The van der Waals surface area contributed by atoms with Gasteiger partial charge in [-0.05, 0) is 48.4 Å². The minimum Gasteiger partial charge on any atom is -0.478 e. The molecule has 0 aliphatic carbocycles. The average molecular weight is 566 g/mol. The Morgan fingerprint density at radius 3 is 2.38 bits per heavy atom. The summed E-state index contributed by atoms with van der Waals surface area (Å²) in [5, 5.41) is 12.7. The predicted octanol–water partition coefficient (Wildman–Crippen LogP) is 5.82. The van der Waals surface area contributed by atoms with Crippen molar-refractivity contribution in [2.75, 3.05) is 12.4 Å². The van der Waals surface area contributed by atoms with Crippen LogP contribution in [-0.4, -0.2) is 44.0 Å². The van der Waals surface area contributed by atoms with Crippen molar-refractivity contribution in [3.63, 3.8) is 0 Å². The molecule has 1 unspecified atom stereocenters. The van der Waals surface area contributed by atoms with Gasteiger partial charge in [-0.15, -0.1) is 0 Å². The third kappa shape index (κ3) is 8.21. The largest absolute Gasteiger partial charge is 0.478 e. The fourth-order valence-electron chi connectivity index (χ4n) is 4.64. The summed E-state index contributed by atoms with van der Waals surface area (Å²) in [6.45, 7) is 10.8. The van der Waals surface area contributed by atoms with Gasteiger partial charge >= 0.3 is 5.97 Å². The van der Waals surface area contributed by atoms with E-state index in [1.165, 1.54) is 18.7 Å². The lowest BCUT2D eigenvalue weighted by atomic mass is 9.98. The average Bonchev–Trinajstić information content (AvgIpc) is 3.25. The number of aromatic carboxylic acids is 1. The number of thioether (sulfide) groups is 1. The van der Waals surface area contributed by atoms with Gasteiger partial charge in [0, 0.05) is 18.6 Å². The lowest BCUT2D eigenvalue weighted by Gasteiger charge is -2.19. The maximum Gasteiger partial charge on any atom is 0.336 e. The van der Waals surface area contributed by atoms with Crippen LogP contribution in [0.5, 0.6) is 6.01 Å². The number of rotatable bonds is 14. The number of hydrogen-bond acceptors (Lipinski definition) is 6. The van der Waals surface area contributed by atoms with Crippen LogP contribution in [-0.2, 0) is 29.1 Å². The first-order valence-corrected chi connectivity index (χ1v) is 14.7. The number of carboxylic acids is 1. The molecule has 3 aromatic rings. The number of carbonyl (C=O) groups excluding carboxylic acids is 2. The van der Waals surface area contributed by atoms with Crippen LogP contribution in [0.1, 0.15) is 68.3 Å². The van der Waals surface area contributed by atoms with Crippen LogP contribution in [0.3, 0.4) is 0 Å². The maximum absolute atomic E-state index is 13.2. The van der Waals surface area contributed by atoms with E-state index in [9.17, 15) is 19.5 Å². The topological polar surface area (TPSA) is 111 Å². The molecule has 1 amide bonds. The van der Waals surface area contributed by atoms with E-state index in [2.05, 4.69) is 19.2 Å². The Labute approximate surface area is 240 Å². The van der Waals surface area contributed by atoms with Crippen LogP contribution in [0.15, 0.2) is 48.5 Å². The molecule has 0 fully saturated rings. The number of amides is 1. The number of benzene rings is 2. The monoisotopic (exact) mass is 565 g/mol. The number of aromatic nitrogens is 2. The summed E-state index contributed by atoms with van der Waals surface area (Å²) in [7, 11) is 0. The normalized spacial score (nSPS) is 11.8. The van der Waals surface area contributed by atoms with Gasteiger partial charge in [0.15, 0.2) is 5.12 Å². The first-order chi connectivity index (χ1) is 19.1. The van der Waals surface area contributed by atoms with Gasteiger partial charge in [0.05, 0.1) is 36.6 Å². The molecule has 1 aromatic heterocycles. The van der Waals surface area contributed by atoms with Crippen molar-refractivity contribution in [3.8, 4) is 17.1 Å². The summed E-state index contributed by atoms with van der Waals surface area (Å²) in [6, 6.07) is 15.2. The summed E-state index contributed by atoms with van der Waals surface area (Å²) in [5.74, 6) is -0.510.